The minimum absolute atomic E-state index is 0.249. The van der Waals surface area contributed by atoms with Gasteiger partial charge in [-0.2, -0.15) is 0 Å². The number of benzene rings is 1. The van der Waals surface area contributed by atoms with Crippen molar-refractivity contribution in [2.45, 2.75) is 49.3 Å². The van der Waals surface area contributed by atoms with Crippen LogP contribution in [0.4, 0.5) is 0 Å². The molecule has 1 aliphatic heterocycles. The van der Waals surface area contributed by atoms with E-state index in [1.54, 1.807) is 0 Å². The molecule has 0 N–H and O–H groups in total. The van der Waals surface area contributed by atoms with E-state index in [0.717, 1.165) is 6.54 Å². The Kier molecular flexibility index (Phi) is 3.22. The van der Waals surface area contributed by atoms with Gasteiger partial charge in [0.1, 0.15) is 0 Å². The van der Waals surface area contributed by atoms with Crippen molar-refractivity contribution in [3.63, 3.8) is 0 Å². The topological polar surface area (TPSA) is 4.93 Å². The zero-order valence-electron chi connectivity index (χ0n) is 11.9. The Hall–Kier alpha value is -1.15. The lowest BCUT2D eigenvalue weighted by Crippen LogP contribution is -2.09. The lowest BCUT2D eigenvalue weighted by atomic mass is 9.89. The third-order valence-corrected chi connectivity index (χ3v) is 5.09. The minimum Gasteiger partial charge on any atom is -0.350 e. The summed E-state index contributed by atoms with van der Waals surface area (Å²) in [5, 5.41) is 0.610. The molecule has 19 heavy (non-hydrogen) atoms. The van der Waals surface area contributed by atoms with Gasteiger partial charge in [0.2, 0.25) is 0 Å². The molecular weight excluding hydrogens is 250 g/mol. The SMILES string of the molecule is CC(C)(C)c1cc2n(c1)CCC2Sc1ccccc1. The first-order valence-corrected chi connectivity index (χ1v) is 7.84. The molecule has 0 spiro atoms. The molecule has 3 rings (SSSR count). The average Bonchev–Trinajstić information content (AvgIpc) is 2.92. The van der Waals surface area contributed by atoms with Crippen LogP contribution in [0.15, 0.2) is 47.5 Å². The van der Waals surface area contributed by atoms with Gasteiger partial charge in [0.15, 0.2) is 0 Å². The molecule has 0 saturated heterocycles. The Bertz CT molecular complexity index is 563. The van der Waals surface area contributed by atoms with Crippen molar-refractivity contribution >= 4 is 11.8 Å². The lowest BCUT2D eigenvalue weighted by molar-refractivity contribution is 0.585. The summed E-state index contributed by atoms with van der Waals surface area (Å²) < 4.78 is 2.45. The van der Waals surface area contributed by atoms with Crippen LogP contribution in [0.1, 0.15) is 43.7 Å². The molecule has 0 fully saturated rings. The summed E-state index contributed by atoms with van der Waals surface area (Å²) in [5.74, 6) is 0. The van der Waals surface area contributed by atoms with Crippen LogP contribution in [0, 0.1) is 0 Å². The predicted octanol–water partition coefficient (Wildman–Crippen LogP) is 5.02. The lowest BCUT2D eigenvalue weighted by Gasteiger charge is -2.16. The summed E-state index contributed by atoms with van der Waals surface area (Å²) in [6.45, 7) is 8.03. The van der Waals surface area contributed by atoms with Crippen molar-refractivity contribution in [1.29, 1.82) is 0 Å². The quantitative estimate of drug-likeness (QED) is 0.742. The second-order valence-electron chi connectivity index (χ2n) is 6.31. The summed E-state index contributed by atoms with van der Waals surface area (Å²) >= 11 is 2.00. The predicted molar refractivity (Wildman–Crippen MR) is 82.8 cm³/mol. The van der Waals surface area contributed by atoms with Crippen LogP contribution in [0.5, 0.6) is 0 Å². The standard InChI is InChI=1S/C17H21NS/c1-17(2,3)13-11-15-16(9-10-18(15)12-13)19-14-7-5-4-6-8-14/h4-8,11-12,16H,9-10H2,1-3H3. The van der Waals surface area contributed by atoms with Gasteiger partial charge in [-0.15, -0.1) is 11.8 Å². The number of nitrogens with zero attached hydrogens (tertiary/aromatic N) is 1. The maximum Gasteiger partial charge on any atom is 0.0514 e. The van der Waals surface area contributed by atoms with Gasteiger partial charge >= 0.3 is 0 Å². The van der Waals surface area contributed by atoms with E-state index < -0.39 is 0 Å². The van der Waals surface area contributed by atoms with Crippen LogP contribution in [0.2, 0.25) is 0 Å². The highest BCUT2D eigenvalue weighted by molar-refractivity contribution is 7.99. The number of hydrogen-bond donors (Lipinski definition) is 0. The molecule has 0 saturated carbocycles. The largest absolute Gasteiger partial charge is 0.350 e. The van der Waals surface area contributed by atoms with Crippen LogP contribution in [0.25, 0.3) is 0 Å². The van der Waals surface area contributed by atoms with Crippen LogP contribution in [0.3, 0.4) is 0 Å². The fraction of sp³-hybridized carbons (Fsp3) is 0.412. The van der Waals surface area contributed by atoms with Crippen molar-refractivity contribution in [2.75, 3.05) is 0 Å². The van der Waals surface area contributed by atoms with E-state index in [9.17, 15) is 0 Å². The molecule has 1 aromatic heterocycles. The van der Waals surface area contributed by atoms with Crippen molar-refractivity contribution in [3.8, 4) is 0 Å². The Morgan fingerprint density at radius 1 is 1.16 bits per heavy atom. The van der Waals surface area contributed by atoms with E-state index in [4.69, 9.17) is 0 Å². The molecule has 1 atom stereocenters. The zero-order valence-corrected chi connectivity index (χ0v) is 12.7. The fourth-order valence-corrected chi connectivity index (χ4v) is 3.78. The molecule has 0 bridgehead atoms. The summed E-state index contributed by atoms with van der Waals surface area (Å²) in [6.07, 6.45) is 3.60. The van der Waals surface area contributed by atoms with E-state index in [1.165, 1.54) is 22.6 Å². The monoisotopic (exact) mass is 271 g/mol. The van der Waals surface area contributed by atoms with Crippen molar-refractivity contribution in [3.05, 3.63) is 53.9 Å². The highest BCUT2D eigenvalue weighted by Crippen LogP contribution is 2.43. The van der Waals surface area contributed by atoms with Gasteiger partial charge in [0.25, 0.3) is 0 Å². The molecule has 1 nitrogen and oxygen atoms in total. The molecule has 0 radical (unpaired) electrons. The normalized spacial score (nSPS) is 18.6. The van der Waals surface area contributed by atoms with Crippen LogP contribution in [-0.2, 0) is 12.0 Å². The number of thioether (sulfide) groups is 1. The zero-order chi connectivity index (χ0) is 13.5. The summed E-state index contributed by atoms with van der Waals surface area (Å²) in [7, 11) is 0. The fourth-order valence-electron chi connectivity index (χ4n) is 2.59. The number of fused-ring (bicyclic) bond motifs is 1. The molecule has 1 aromatic carbocycles. The summed E-state index contributed by atoms with van der Waals surface area (Å²) in [6, 6.07) is 13.2. The van der Waals surface area contributed by atoms with E-state index in [0.29, 0.717) is 5.25 Å². The molecule has 100 valence electrons. The van der Waals surface area contributed by atoms with E-state index >= 15 is 0 Å². The number of hydrogen-bond acceptors (Lipinski definition) is 1. The van der Waals surface area contributed by atoms with Gasteiger partial charge in [-0.05, 0) is 35.6 Å². The maximum atomic E-state index is 2.45. The van der Waals surface area contributed by atoms with Crippen molar-refractivity contribution in [1.82, 2.24) is 4.57 Å². The van der Waals surface area contributed by atoms with Gasteiger partial charge in [-0.3, -0.25) is 0 Å². The van der Waals surface area contributed by atoms with Gasteiger partial charge < -0.3 is 4.57 Å². The Balaban J connectivity index is 1.84. The second-order valence-corrected chi connectivity index (χ2v) is 7.58. The van der Waals surface area contributed by atoms with Crippen LogP contribution < -0.4 is 0 Å². The Labute approximate surface area is 120 Å². The molecule has 2 heterocycles. The van der Waals surface area contributed by atoms with Gasteiger partial charge in [-0.25, -0.2) is 0 Å². The third-order valence-electron chi connectivity index (χ3n) is 3.78. The van der Waals surface area contributed by atoms with Crippen LogP contribution in [-0.4, -0.2) is 4.57 Å². The van der Waals surface area contributed by atoms with Crippen LogP contribution >= 0.6 is 11.8 Å². The molecule has 1 unspecified atom stereocenters. The number of rotatable bonds is 2. The van der Waals surface area contributed by atoms with E-state index in [2.05, 4.69) is 67.9 Å². The smallest absolute Gasteiger partial charge is 0.0514 e. The number of aromatic nitrogens is 1. The van der Waals surface area contributed by atoms with Gasteiger partial charge in [0, 0.05) is 23.3 Å². The first-order chi connectivity index (χ1) is 9.04. The van der Waals surface area contributed by atoms with E-state index in [-0.39, 0.29) is 5.41 Å². The first-order valence-electron chi connectivity index (χ1n) is 6.96. The second kappa shape index (κ2) is 4.75. The van der Waals surface area contributed by atoms with E-state index in [1.807, 2.05) is 11.8 Å². The maximum absolute atomic E-state index is 2.45. The van der Waals surface area contributed by atoms with Crippen molar-refractivity contribution in [2.24, 2.45) is 0 Å². The minimum atomic E-state index is 0.249. The Morgan fingerprint density at radius 3 is 2.58 bits per heavy atom. The summed E-state index contributed by atoms with van der Waals surface area (Å²) in [4.78, 5) is 1.37. The molecule has 2 aromatic rings. The Morgan fingerprint density at radius 2 is 1.89 bits per heavy atom. The molecule has 0 aliphatic carbocycles. The van der Waals surface area contributed by atoms with Gasteiger partial charge in [-0.1, -0.05) is 39.0 Å². The first kappa shape index (κ1) is 12.9. The summed E-state index contributed by atoms with van der Waals surface area (Å²) in [5.41, 5.74) is 3.21. The highest BCUT2D eigenvalue weighted by Gasteiger charge is 2.27. The molecule has 0 amide bonds. The molecular formula is C17H21NS. The molecule has 2 heteroatoms. The average molecular weight is 271 g/mol. The molecule has 1 aliphatic rings. The van der Waals surface area contributed by atoms with Crippen molar-refractivity contribution < 1.29 is 0 Å². The highest BCUT2D eigenvalue weighted by atomic mass is 32.2. The third kappa shape index (κ3) is 2.59. The van der Waals surface area contributed by atoms with Gasteiger partial charge in [0.05, 0.1) is 5.25 Å². The number of aryl methyl sites for hydroxylation is 1.